The summed E-state index contributed by atoms with van der Waals surface area (Å²) in [5, 5.41) is 8.61. The second kappa shape index (κ2) is 6.74. The maximum absolute atomic E-state index is 10.5. The molecule has 1 rings (SSSR count). The number of carbonyl (C=O) groups is 1. The Kier molecular flexibility index (Phi) is 5.31. The van der Waals surface area contributed by atoms with E-state index in [4.69, 9.17) is 5.11 Å². The summed E-state index contributed by atoms with van der Waals surface area (Å²) in [6.45, 7) is 7.98. The minimum Gasteiger partial charge on any atom is -0.478 e. The minimum atomic E-state index is -0.919. The molecule has 2 nitrogen and oxygen atoms in total. The first-order valence-electron chi connectivity index (χ1n) is 6.23. The average Bonchev–Trinajstić information content (AvgIpc) is 2.26. The van der Waals surface area contributed by atoms with E-state index >= 15 is 0 Å². The smallest absolute Gasteiger partial charge is 0.328 e. The molecule has 1 aromatic rings. The lowest BCUT2D eigenvalue weighted by atomic mass is 10.0. The van der Waals surface area contributed by atoms with Crippen LogP contribution in [-0.4, -0.2) is 11.1 Å². The molecular weight excluding hydrogens is 236 g/mol. The summed E-state index contributed by atoms with van der Waals surface area (Å²) in [6, 6.07) is 6.44. The molecule has 100 valence electrons. The Labute approximate surface area is 114 Å². The van der Waals surface area contributed by atoms with Gasteiger partial charge in [-0.3, -0.25) is 0 Å². The first-order chi connectivity index (χ1) is 8.88. The van der Waals surface area contributed by atoms with Crippen molar-refractivity contribution in [1.29, 1.82) is 0 Å². The molecule has 0 radical (unpaired) electrons. The van der Waals surface area contributed by atoms with Crippen LogP contribution in [0.3, 0.4) is 0 Å². The topological polar surface area (TPSA) is 37.3 Å². The molecule has 0 fully saturated rings. The van der Waals surface area contributed by atoms with E-state index in [1.165, 1.54) is 22.8 Å². The van der Waals surface area contributed by atoms with Crippen molar-refractivity contribution in [3.8, 4) is 0 Å². The SMILES string of the molecule is CC(C=CC=C(C)c1cc(C)cc(C)c1)=CC(=O)O. The summed E-state index contributed by atoms with van der Waals surface area (Å²) in [5.74, 6) is -0.919. The van der Waals surface area contributed by atoms with Gasteiger partial charge in [0.25, 0.3) is 0 Å². The summed E-state index contributed by atoms with van der Waals surface area (Å²) >= 11 is 0. The number of aliphatic carboxylic acids is 1. The Morgan fingerprint density at radius 3 is 2.21 bits per heavy atom. The summed E-state index contributed by atoms with van der Waals surface area (Å²) in [7, 11) is 0. The van der Waals surface area contributed by atoms with Crippen LogP contribution < -0.4 is 0 Å². The molecule has 0 saturated heterocycles. The van der Waals surface area contributed by atoms with Gasteiger partial charge in [0.15, 0.2) is 0 Å². The van der Waals surface area contributed by atoms with Crippen molar-refractivity contribution in [1.82, 2.24) is 0 Å². The Morgan fingerprint density at radius 2 is 1.68 bits per heavy atom. The first kappa shape index (κ1) is 15.0. The van der Waals surface area contributed by atoms with Gasteiger partial charge in [0.2, 0.25) is 0 Å². The highest BCUT2D eigenvalue weighted by Gasteiger charge is 1.97. The third-order valence-corrected chi connectivity index (χ3v) is 2.73. The molecule has 1 N–H and O–H groups in total. The van der Waals surface area contributed by atoms with Crippen LogP contribution in [0.5, 0.6) is 0 Å². The summed E-state index contributed by atoms with van der Waals surface area (Å²) in [6.07, 6.45) is 6.85. The number of aryl methyl sites for hydroxylation is 2. The number of hydrogen-bond acceptors (Lipinski definition) is 1. The second-order valence-electron chi connectivity index (χ2n) is 4.81. The molecule has 0 aromatic heterocycles. The van der Waals surface area contributed by atoms with E-state index in [2.05, 4.69) is 39.0 Å². The lowest BCUT2D eigenvalue weighted by Gasteiger charge is -2.04. The zero-order valence-corrected chi connectivity index (χ0v) is 11.9. The van der Waals surface area contributed by atoms with Crippen molar-refractivity contribution in [2.24, 2.45) is 0 Å². The molecule has 0 aliphatic rings. The van der Waals surface area contributed by atoms with Crippen LogP contribution in [0.1, 0.15) is 30.5 Å². The van der Waals surface area contributed by atoms with Gasteiger partial charge in [0.1, 0.15) is 0 Å². The molecule has 0 bridgehead atoms. The number of carboxylic acids is 1. The van der Waals surface area contributed by atoms with Gasteiger partial charge in [-0.15, -0.1) is 0 Å². The highest BCUT2D eigenvalue weighted by molar-refractivity contribution is 5.81. The molecule has 0 unspecified atom stereocenters. The summed E-state index contributed by atoms with van der Waals surface area (Å²) in [4.78, 5) is 10.5. The average molecular weight is 256 g/mol. The van der Waals surface area contributed by atoms with Gasteiger partial charge in [-0.2, -0.15) is 0 Å². The quantitative estimate of drug-likeness (QED) is 0.644. The largest absolute Gasteiger partial charge is 0.478 e. The number of benzene rings is 1. The van der Waals surface area contributed by atoms with Gasteiger partial charge in [0, 0.05) is 6.08 Å². The molecule has 0 atom stereocenters. The van der Waals surface area contributed by atoms with Crippen LogP contribution in [0.15, 0.2) is 48.1 Å². The van der Waals surface area contributed by atoms with Gasteiger partial charge >= 0.3 is 5.97 Å². The Bertz CT molecular complexity index is 540. The number of carboxylic acid groups (broad SMARTS) is 1. The molecule has 2 heteroatoms. The van der Waals surface area contributed by atoms with Gasteiger partial charge in [0.05, 0.1) is 0 Å². The number of rotatable bonds is 4. The maximum Gasteiger partial charge on any atom is 0.328 e. The van der Waals surface area contributed by atoms with Crippen molar-refractivity contribution in [2.75, 3.05) is 0 Å². The monoisotopic (exact) mass is 256 g/mol. The first-order valence-corrected chi connectivity index (χ1v) is 6.23. The van der Waals surface area contributed by atoms with Crippen LogP contribution in [0.2, 0.25) is 0 Å². The van der Waals surface area contributed by atoms with E-state index in [-0.39, 0.29) is 0 Å². The predicted molar refractivity (Wildman–Crippen MR) is 80.1 cm³/mol. The van der Waals surface area contributed by atoms with E-state index in [0.717, 1.165) is 11.1 Å². The Hall–Kier alpha value is -2.09. The van der Waals surface area contributed by atoms with E-state index < -0.39 is 5.97 Å². The van der Waals surface area contributed by atoms with E-state index in [9.17, 15) is 4.79 Å². The molecule has 0 amide bonds. The van der Waals surface area contributed by atoms with Crippen molar-refractivity contribution >= 4 is 11.5 Å². The van der Waals surface area contributed by atoms with Crippen LogP contribution >= 0.6 is 0 Å². The fourth-order valence-electron chi connectivity index (χ4n) is 1.89. The molecule has 19 heavy (non-hydrogen) atoms. The normalized spacial score (nSPS) is 13.1. The van der Waals surface area contributed by atoms with E-state index in [1.807, 2.05) is 12.2 Å². The van der Waals surface area contributed by atoms with Gasteiger partial charge < -0.3 is 5.11 Å². The second-order valence-corrected chi connectivity index (χ2v) is 4.81. The van der Waals surface area contributed by atoms with E-state index in [1.54, 1.807) is 13.0 Å². The fraction of sp³-hybridized carbons (Fsp3) is 0.235. The van der Waals surface area contributed by atoms with Gasteiger partial charge in [-0.25, -0.2) is 4.79 Å². The highest BCUT2D eigenvalue weighted by atomic mass is 16.4. The van der Waals surface area contributed by atoms with Crippen LogP contribution in [-0.2, 0) is 4.79 Å². The molecule has 0 saturated carbocycles. The van der Waals surface area contributed by atoms with E-state index in [0.29, 0.717) is 0 Å². The zero-order chi connectivity index (χ0) is 14.4. The van der Waals surface area contributed by atoms with Crippen molar-refractivity contribution in [3.05, 3.63) is 64.8 Å². The Balaban J connectivity index is 2.88. The third kappa shape index (κ3) is 5.38. The van der Waals surface area contributed by atoms with Gasteiger partial charge in [-0.1, -0.05) is 47.6 Å². The number of allylic oxidation sites excluding steroid dienone is 5. The summed E-state index contributed by atoms with van der Waals surface area (Å²) in [5.41, 5.74) is 5.56. The standard InChI is InChI=1S/C17H20O2/c1-12(11-17(18)19)6-5-7-15(4)16-9-13(2)8-14(3)10-16/h5-11H,1-4H3,(H,18,19). The minimum absolute atomic E-state index is 0.719. The molecule has 0 aliphatic heterocycles. The fourth-order valence-corrected chi connectivity index (χ4v) is 1.89. The lowest BCUT2D eigenvalue weighted by molar-refractivity contribution is -0.131. The molecule has 0 heterocycles. The predicted octanol–water partition coefficient (Wildman–Crippen LogP) is 4.29. The zero-order valence-electron chi connectivity index (χ0n) is 11.9. The van der Waals surface area contributed by atoms with Crippen LogP contribution in [0, 0.1) is 13.8 Å². The molecule has 1 aromatic carbocycles. The molecule has 0 spiro atoms. The van der Waals surface area contributed by atoms with Crippen LogP contribution in [0.25, 0.3) is 5.57 Å². The Morgan fingerprint density at radius 1 is 1.11 bits per heavy atom. The van der Waals surface area contributed by atoms with Gasteiger partial charge in [-0.05, 0) is 44.4 Å². The summed E-state index contributed by atoms with van der Waals surface area (Å²) < 4.78 is 0. The van der Waals surface area contributed by atoms with Crippen LogP contribution in [0.4, 0.5) is 0 Å². The third-order valence-electron chi connectivity index (χ3n) is 2.73. The van der Waals surface area contributed by atoms with Crippen molar-refractivity contribution < 1.29 is 9.90 Å². The maximum atomic E-state index is 10.5. The molecule has 0 aliphatic carbocycles. The number of hydrogen-bond donors (Lipinski definition) is 1. The van der Waals surface area contributed by atoms with Crippen molar-refractivity contribution in [2.45, 2.75) is 27.7 Å². The lowest BCUT2D eigenvalue weighted by Crippen LogP contribution is -1.87. The highest BCUT2D eigenvalue weighted by Crippen LogP contribution is 2.17. The van der Waals surface area contributed by atoms with Crippen molar-refractivity contribution in [3.63, 3.8) is 0 Å². The molecular formula is C17H20O2.